The summed E-state index contributed by atoms with van der Waals surface area (Å²) >= 11 is 5.80. The SMILES string of the molecule is COC[C@H](C)NS(=O)(=O)c1ccc(C(=O)Nc2ccc(Cl)cc2)cc1. The maximum atomic E-state index is 12.2. The number of anilines is 1. The third-order valence-electron chi connectivity index (χ3n) is 3.30. The number of hydrogen-bond acceptors (Lipinski definition) is 4. The van der Waals surface area contributed by atoms with Crippen molar-refractivity contribution in [1.82, 2.24) is 4.72 Å². The van der Waals surface area contributed by atoms with Crippen LogP contribution < -0.4 is 10.0 Å². The van der Waals surface area contributed by atoms with Crippen LogP contribution in [0.3, 0.4) is 0 Å². The molecule has 2 rings (SSSR count). The number of nitrogens with one attached hydrogen (secondary N) is 2. The Morgan fingerprint density at radius 3 is 2.28 bits per heavy atom. The molecule has 0 saturated carbocycles. The monoisotopic (exact) mass is 382 g/mol. The van der Waals surface area contributed by atoms with Gasteiger partial charge in [-0.2, -0.15) is 0 Å². The molecule has 6 nitrogen and oxygen atoms in total. The molecule has 0 saturated heterocycles. The van der Waals surface area contributed by atoms with Crippen molar-refractivity contribution in [1.29, 1.82) is 0 Å². The highest BCUT2D eigenvalue weighted by molar-refractivity contribution is 7.89. The van der Waals surface area contributed by atoms with Crippen LogP contribution in [0.15, 0.2) is 53.4 Å². The van der Waals surface area contributed by atoms with Gasteiger partial charge in [-0.3, -0.25) is 4.79 Å². The summed E-state index contributed by atoms with van der Waals surface area (Å²) in [6.07, 6.45) is 0. The van der Waals surface area contributed by atoms with Gasteiger partial charge in [0, 0.05) is 29.4 Å². The normalized spacial score (nSPS) is 12.6. The Labute approximate surface area is 152 Å². The van der Waals surface area contributed by atoms with E-state index in [4.69, 9.17) is 16.3 Å². The minimum atomic E-state index is -3.66. The lowest BCUT2D eigenvalue weighted by molar-refractivity contribution is 0.102. The maximum absolute atomic E-state index is 12.2. The summed E-state index contributed by atoms with van der Waals surface area (Å²) < 4.78 is 31.9. The summed E-state index contributed by atoms with van der Waals surface area (Å²) in [5.41, 5.74) is 0.944. The van der Waals surface area contributed by atoms with Gasteiger partial charge in [0.05, 0.1) is 11.5 Å². The molecule has 0 aromatic heterocycles. The Bertz CT molecular complexity index is 821. The molecular formula is C17H19ClN2O4S. The van der Waals surface area contributed by atoms with Crippen LogP contribution in [0.5, 0.6) is 0 Å². The van der Waals surface area contributed by atoms with Crippen molar-refractivity contribution in [2.75, 3.05) is 19.0 Å². The van der Waals surface area contributed by atoms with E-state index in [2.05, 4.69) is 10.0 Å². The predicted octanol–water partition coefficient (Wildman–Crippen LogP) is 2.91. The van der Waals surface area contributed by atoms with E-state index >= 15 is 0 Å². The number of methoxy groups -OCH3 is 1. The van der Waals surface area contributed by atoms with E-state index in [0.717, 1.165) is 0 Å². The van der Waals surface area contributed by atoms with Gasteiger partial charge in [0.25, 0.3) is 5.91 Å². The Morgan fingerprint density at radius 2 is 1.72 bits per heavy atom. The van der Waals surface area contributed by atoms with E-state index in [1.54, 1.807) is 31.2 Å². The van der Waals surface area contributed by atoms with Gasteiger partial charge in [-0.15, -0.1) is 0 Å². The van der Waals surface area contributed by atoms with E-state index < -0.39 is 10.0 Å². The summed E-state index contributed by atoms with van der Waals surface area (Å²) in [7, 11) is -2.17. The maximum Gasteiger partial charge on any atom is 0.255 e. The summed E-state index contributed by atoms with van der Waals surface area (Å²) in [6, 6.07) is 12.0. The molecule has 0 bridgehead atoms. The number of amides is 1. The summed E-state index contributed by atoms with van der Waals surface area (Å²) in [4.78, 5) is 12.3. The predicted molar refractivity (Wildman–Crippen MR) is 97.5 cm³/mol. The molecule has 25 heavy (non-hydrogen) atoms. The fourth-order valence-electron chi connectivity index (χ4n) is 2.14. The topological polar surface area (TPSA) is 84.5 Å². The van der Waals surface area contributed by atoms with Crippen molar-refractivity contribution in [2.45, 2.75) is 17.9 Å². The fraction of sp³-hybridized carbons (Fsp3) is 0.235. The molecule has 2 N–H and O–H groups in total. The van der Waals surface area contributed by atoms with E-state index in [1.807, 2.05) is 0 Å². The van der Waals surface area contributed by atoms with Crippen molar-refractivity contribution < 1.29 is 17.9 Å². The molecule has 0 aliphatic heterocycles. The zero-order chi connectivity index (χ0) is 18.4. The first-order chi connectivity index (χ1) is 11.8. The third kappa shape index (κ3) is 5.54. The molecule has 0 radical (unpaired) electrons. The molecular weight excluding hydrogens is 364 g/mol. The number of halogens is 1. The van der Waals surface area contributed by atoms with Crippen molar-refractivity contribution in [3.05, 3.63) is 59.1 Å². The first-order valence-corrected chi connectivity index (χ1v) is 9.36. The number of ether oxygens (including phenoxy) is 1. The average Bonchev–Trinajstić information content (AvgIpc) is 2.57. The quantitative estimate of drug-likeness (QED) is 0.771. The Morgan fingerprint density at radius 1 is 1.12 bits per heavy atom. The lowest BCUT2D eigenvalue weighted by Gasteiger charge is -2.13. The number of hydrogen-bond donors (Lipinski definition) is 2. The van der Waals surface area contributed by atoms with Crippen LogP contribution in [0, 0.1) is 0 Å². The number of sulfonamides is 1. The van der Waals surface area contributed by atoms with Crippen LogP contribution in [-0.2, 0) is 14.8 Å². The summed E-state index contributed by atoms with van der Waals surface area (Å²) in [5.74, 6) is -0.341. The lowest BCUT2D eigenvalue weighted by Crippen LogP contribution is -2.35. The highest BCUT2D eigenvalue weighted by Crippen LogP contribution is 2.16. The molecule has 0 aliphatic carbocycles. The van der Waals surface area contributed by atoms with Crippen molar-refractivity contribution in [2.24, 2.45) is 0 Å². The van der Waals surface area contributed by atoms with Gasteiger partial charge in [-0.1, -0.05) is 11.6 Å². The van der Waals surface area contributed by atoms with E-state index in [1.165, 1.54) is 31.4 Å². The second kappa shape index (κ2) is 8.44. The molecule has 8 heteroatoms. The van der Waals surface area contributed by atoms with Crippen LogP contribution in [0.1, 0.15) is 17.3 Å². The number of rotatable bonds is 7. The standard InChI is InChI=1S/C17H19ClN2O4S/c1-12(11-24-2)20-25(22,23)16-9-3-13(4-10-16)17(21)19-15-7-5-14(18)6-8-15/h3-10,12,20H,11H2,1-2H3,(H,19,21)/t12-/m0/s1. The number of benzene rings is 2. The van der Waals surface area contributed by atoms with Gasteiger partial charge < -0.3 is 10.1 Å². The molecule has 0 fully saturated rings. The Kier molecular flexibility index (Phi) is 6.55. The Hall–Kier alpha value is -1.93. The number of carbonyl (C=O) groups is 1. The van der Waals surface area contributed by atoms with Crippen LogP contribution in [-0.4, -0.2) is 34.1 Å². The number of carbonyl (C=O) groups excluding carboxylic acids is 1. The lowest BCUT2D eigenvalue weighted by atomic mass is 10.2. The van der Waals surface area contributed by atoms with Crippen LogP contribution in [0.4, 0.5) is 5.69 Å². The van der Waals surface area contributed by atoms with Crippen molar-refractivity contribution in [3.63, 3.8) is 0 Å². The molecule has 2 aromatic rings. The first-order valence-electron chi connectivity index (χ1n) is 7.50. The smallest absolute Gasteiger partial charge is 0.255 e. The molecule has 1 atom stereocenters. The van der Waals surface area contributed by atoms with Crippen molar-refractivity contribution in [3.8, 4) is 0 Å². The first kappa shape index (κ1) is 19.4. The highest BCUT2D eigenvalue weighted by Gasteiger charge is 2.18. The second-order valence-electron chi connectivity index (χ2n) is 5.46. The average molecular weight is 383 g/mol. The molecule has 1 amide bonds. The fourth-order valence-corrected chi connectivity index (χ4v) is 3.49. The van der Waals surface area contributed by atoms with E-state index in [0.29, 0.717) is 16.3 Å². The molecule has 0 spiro atoms. The van der Waals surface area contributed by atoms with Crippen molar-refractivity contribution >= 4 is 33.2 Å². The highest BCUT2D eigenvalue weighted by atomic mass is 35.5. The molecule has 134 valence electrons. The van der Waals surface area contributed by atoms with Gasteiger partial charge in [-0.25, -0.2) is 13.1 Å². The van der Waals surface area contributed by atoms with Gasteiger partial charge in [-0.05, 0) is 55.5 Å². The van der Waals surface area contributed by atoms with Gasteiger partial charge >= 0.3 is 0 Å². The van der Waals surface area contributed by atoms with Gasteiger partial charge in [0.2, 0.25) is 10.0 Å². The van der Waals surface area contributed by atoms with Crippen LogP contribution in [0.25, 0.3) is 0 Å². The van der Waals surface area contributed by atoms with E-state index in [-0.39, 0.29) is 23.5 Å². The van der Waals surface area contributed by atoms with Gasteiger partial charge in [0.15, 0.2) is 0 Å². The summed E-state index contributed by atoms with van der Waals surface area (Å²) in [5, 5.41) is 3.29. The molecule has 0 heterocycles. The van der Waals surface area contributed by atoms with Crippen LogP contribution in [0.2, 0.25) is 5.02 Å². The molecule has 0 aliphatic rings. The minimum absolute atomic E-state index is 0.0819. The molecule has 0 unspecified atom stereocenters. The zero-order valence-corrected chi connectivity index (χ0v) is 15.4. The minimum Gasteiger partial charge on any atom is -0.383 e. The molecule has 2 aromatic carbocycles. The largest absolute Gasteiger partial charge is 0.383 e. The van der Waals surface area contributed by atoms with Crippen LogP contribution >= 0.6 is 11.6 Å². The Balaban J connectivity index is 2.08. The van der Waals surface area contributed by atoms with E-state index in [9.17, 15) is 13.2 Å². The third-order valence-corrected chi connectivity index (χ3v) is 5.16. The second-order valence-corrected chi connectivity index (χ2v) is 7.61. The summed E-state index contributed by atoms with van der Waals surface area (Å²) in [6.45, 7) is 1.97. The van der Waals surface area contributed by atoms with Gasteiger partial charge in [0.1, 0.15) is 0 Å². The zero-order valence-electron chi connectivity index (χ0n) is 13.8.